The van der Waals surface area contributed by atoms with Crippen molar-refractivity contribution in [2.24, 2.45) is 0 Å². The first kappa shape index (κ1) is 20.8. The van der Waals surface area contributed by atoms with Gasteiger partial charge in [0.05, 0.1) is 26.9 Å². The van der Waals surface area contributed by atoms with E-state index in [0.717, 1.165) is 0 Å². The third-order valence-corrected chi connectivity index (χ3v) is 3.81. The number of hydrogen-bond donors (Lipinski definition) is 2. The topological polar surface area (TPSA) is 103 Å². The number of carboxylic acid groups (broad SMARTS) is 1. The van der Waals surface area contributed by atoms with E-state index in [-0.39, 0.29) is 41.5 Å². The fourth-order valence-corrected chi connectivity index (χ4v) is 2.50. The molecule has 0 saturated heterocycles. The van der Waals surface area contributed by atoms with Crippen molar-refractivity contribution in [1.82, 2.24) is 5.32 Å². The van der Waals surface area contributed by atoms with Crippen molar-refractivity contribution in [3.05, 3.63) is 47.3 Å². The van der Waals surface area contributed by atoms with Gasteiger partial charge in [0, 0.05) is 12.1 Å². The summed E-state index contributed by atoms with van der Waals surface area (Å²) in [5, 5.41) is 12.1. The molecule has 2 aromatic rings. The van der Waals surface area contributed by atoms with Crippen molar-refractivity contribution in [2.45, 2.75) is 6.54 Å². The molecule has 0 aliphatic rings. The molecule has 2 rings (SSSR count). The van der Waals surface area contributed by atoms with Crippen molar-refractivity contribution >= 4 is 11.9 Å². The highest BCUT2D eigenvalue weighted by Gasteiger charge is 2.24. The molecular formula is C19H20FNO7. The second-order valence-corrected chi connectivity index (χ2v) is 5.50. The minimum absolute atomic E-state index is 0.103. The molecule has 0 atom stereocenters. The molecule has 8 nitrogen and oxygen atoms in total. The first-order valence-electron chi connectivity index (χ1n) is 8.11. The van der Waals surface area contributed by atoms with Crippen LogP contribution in [0.2, 0.25) is 0 Å². The average molecular weight is 393 g/mol. The molecule has 1 amide bonds. The predicted molar refractivity (Wildman–Crippen MR) is 96.8 cm³/mol. The number of benzene rings is 2. The Morgan fingerprint density at radius 1 is 1.04 bits per heavy atom. The second-order valence-electron chi connectivity index (χ2n) is 5.50. The van der Waals surface area contributed by atoms with Crippen LogP contribution in [0.3, 0.4) is 0 Å². The molecule has 28 heavy (non-hydrogen) atoms. The maximum atomic E-state index is 12.9. The normalized spacial score (nSPS) is 10.1. The Balaban J connectivity index is 2.16. The molecule has 150 valence electrons. The molecule has 0 aromatic heterocycles. The monoisotopic (exact) mass is 393 g/mol. The minimum atomic E-state index is -1.22. The summed E-state index contributed by atoms with van der Waals surface area (Å²) < 4.78 is 33.8. The lowest BCUT2D eigenvalue weighted by Crippen LogP contribution is -2.29. The van der Waals surface area contributed by atoms with E-state index in [2.05, 4.69) is 5.32 Å². The number of amides is 1. The summed E-state index contributed by atoms with van der Waals surface area (Å²) in [6.45, 7) is -0.472. The molecule has 0 heterocycles. The number of carbonyl (C=O) groups is 2. The van der Waals surface area contributed by atoms with E-state index in [1.807, 2.05) is 0 Å². The summed E-state index contributed by atoms with van der Waals surface area (Å²) in [4.78, 5) is 23.7. The van der Waals surface area contributed by atoms with Crippen LogP contribution in [0, 0.1) is 5.82 Å². The van der Waals surface area contributed by atoms with Crippen molar-refractivity contribution in [3.63, 3.8) is 0 Å². The summed E-state index contributed by atoms with van der Waals surface area (Å²) in [6.07, 6.45) is 0. The largest absolute Gasteiger partial charge is 0.493 e. The van der Waals surface area contributed by atoms with E-state index in [9.17, 15) is 19.1 Å². The summed E-state index contributed by atoms with van der Waals surface area (Å²) in [7, 11) is 4.11. The highest BCUT2D eigenvalue weighted by atomic mass is 19.1. The zero-order chi connectivity index (χ0) is 20.7. The van der Waals surface area contributed by atoms with E-state index in [4.69, 9.17) is 18.9 Å². The SMILES string of the molecule is COc1cc(C(=O)O)c(CNC(=O)COc2ccc(F)cc2)c(OC)c1OC. The molecule has 0 aliphatic carbocycles. The van der Waals surface area contributed by atoms with Crippen molar-refractivity contribution in [2.75, 3.05) is 27.9 Å². The average Bonchev–Trinajstić information content (AvgIpc) is 2.70. The molecule has 2 aromatic carbocycles. The number of halogens is 1. The van der Waals surface area contributed by atoms with E-state index in [1.165, 1.54) is 51.7 Å². The van der Waals surface area contributed by atoms with Crippen LogP contribution in [0.4, 0.5) is 4.39 Å². The molecule has 0 spiro atoms. The predicted octanol–water partition coefficient (Wildman–Crippen LogP) is 2.24. The smallest absolute Gasteiger partial charge is 0.336 e. The Kier molecular flexibility index (Phi) is 7.02. The second kappa shape index (κ2) is 9.45. The highest BCUT2D eigenvalue weighted by molar-refractivity contribution is 5.92. The fraction of sp³-hybridized carbons (Fsp3) is 0.263. The van der Waals surface area contributed by atoms with Gasteiger partial charge in [-0.2, -0.15) is 0 Å². The van der Waals surface area contributed by atoms with Crippen LogP contribution in [0.5, 0.6) is 23.0 Å². The van der Waals surface area contributed by atoms with E-state index in [0.29, 0.717) is 5.75 Å². The summed E-state index contributed by atoms with van der Waals surface area (Å²) in [5.74, 6) is -1.28. The minimum Gasteiger partial charge on any atom is -0.493 e. The summed E-state index contributed by atoms with van der Waals surface area (Å²) in [6, 6.07) is 6.49. The molecule has 2 N–H and O–H groups in total. The van der Waals surface area contributed by atoms with E-state index < -0.39 is 17.7 Å². The number of nitrogens with one attached hydrogen (secondary N) is 1. The van der Waals surface area contributed by atoms with Crippen LogP contribution in [-0.2, 0) is 11.3 Å². The number of aromatic carboxylic acids is 1. The molecule has 0 aliphatic heterocycles. The Bertz CT molecular complexity index is 852. The molecule has 0 bridgehead atoms. The molecule has 0 saturated carbocycles. The van der Waals surface area contributed by atoms with Gasteiger partial charge in [0.25, 0.3) is 5.91 Å². The van der Waals surface area contributed by atoms with Gasteiger partial charge in [0.15, 0.2) is 18.1 Å². The zero-order valence-electron chi connectivity index (χ0n) is 15.6. The van der Waals surface area contributed by atoms with Crippen LogP contribution >= 0.6 is 0 Å². The van der Waals surface area contributed by atoms with Crippen LogP contribution in [0.15, 0.2) is 30.3 Å². The maximum absolute atomic E-state index is 12.9. The number of carbonyl (C=O) groups excluding carboxylic acids is 1. The molecule has 0 radical (unpaired) electrons. The van der Waals surface area contributed by atoms with Crippen molar-refractivity contribution in [3.8, 4) is 23.0 Å². The van der Waals surface area contributed by atoms with Crippen LogP contribution in [0.1, 0.15) is 15.9 Å². The van der Waals surface area contributed by atoms with Gasteiger partial charge in [-0.3, -0.25) is 4.79 Å². The number of methoxy groups -OCH3 is 3. The van der Waals surface area contributed by atoms with Gasteiger partial charge in [-0.05, 0) is 30.3 Å². The standard InChI is InChI=1S/C19H20FNO7/c1-25-15-8-13(19(23)24)14(17(26-2)18(15)27-3)9-21-16(22)10-28-12-6-4-11(20)5-7-12/h4-8H,9-10H2,1-3H3,(H,21,22)(H,23,24). The Morgan fingerprint density at radius 2 is 1.68 bits per heavy atom. The Morgan fingerprint density at radius 3 is 2.21 bits per heavy atom. The van der Waals surface area contributed by atoms with E-state index >= 15 is 0 Å². The Hall–Kier alpha value is -3.49. The van der Waals surface area contributed by atoms with Gasteiger partial charge < -0.3 is 29.4 Å². The van der Waals surface area contributed by atoms with Gasteiger partial charge in [0.2, 0.25) is 5.75 Å². The van der Waals surface area contributed by atoms with Crippen LogP contribution in [0.25, 0.3) is 0 Å². The van der Waals surface area contributed by atoms with Gasteiger partial charge in [-0.1, -0.05) is 0 Å². The Labute approximate surface area is 160 Å². The van der Waals surface area contributed by atoms with Gasteiger partial charge in [-0.25, -0.2) is 9.18 Å². The summed E-state index contributed by atoms with van der Waals surface area (Å²) >= 11 is 0. The first-order valence-corrected chi connectivity index (χ1v) is 8.11. The number of hydrogen-bond acceptors (Lipinski definition) is 6. The first-order chi connectivity index (χ1) is 13.4. The van der Waals surface area contributed by atoms with Gasteiger partial charge in [-0.15, -0.1) is 0 Å². The van der Waals surface area contributed by atoms with Crippen molar-refractivity contribution in [1.29, 1.82) is 0 Å². The number of ether oxygens (including phenoxy) is 4. The molecule has 0 fully saturated rings. The van der Waals surface area contributed by atoms with Gasteiger partial charge >= 0.3 is 5.97 Å². The summed E-state index contributed by atoms with van der Waals surface area (Å²) in [5.41, 5.74) is 0.108. The van der Waals surface area contributed by atoms with E-state index in [1.54, 1.807) is 0 Å². The molecular weight excluding hydrogens is 373 g/mol. The number of rotatable bonds is 9. The third-order valence-electron chi connectivity index (χ3n) is 3.81. The van der Waals surface area contributed by atoms with Gasteiger partial charge in [0.1, 0.15) is 11.6 Å². The fourth-order valence-electron chi connectivity index (χ4n) is 2.50. The third kappa shape index (κ3) is 4.81. The lowest BCUT2D eigenvalue weighted by Gasteiger charge is -2.18. The number of carboxylic acids is 1. The lowest BCUT2D eigenvalue weighted by atomic mass is 10.0. The zero-order valence-corrected chi connectivity index (χ0v) is 15.6. The quantitative estimate of drug-likeness (QED) is 0.673. The highest BCUT2D eigenvalue weighted by Crippen LogP contribution is 2.42. The maximum Gasteiger partial charge on any atom is 0.336 e. The van der Waals surface area contributed by atoms with Crippen LogP contribution < -0.4 is 24.3 Å². The molecule has 0 unspecified atom stereocenters. The van der Waals surface area contributed by atoms with Crippen LogP contribution in [-0.4, -0.2) is 44.9 Å². The van der Waals surface area contributed by atoms with Crippen molar-refractivity contribution < 1.29 is 38.0 Å². The molecule has 9 heteroatoms. The lowest BCUT2D eigenvalue weighted by molar-refractivity contribution is -0.123.